The maximum absolute atomic E-state index is 14.0. The van der Waals surface area contributed by atoms with Crippen molar-refractivity contribution >= 4 is 6.21 Å². The number of hydrogen-bond acceptors (Lipinski definition) is 5. The molecule has 0 spiro atoms. The highest BCUT2D eigenvalue weighted by Crippen LogP contribution is 2.28. The maximum atomic E-state index is 14.0. The second kappa shape index (κ2) is 11.7. The highest BCUT2D eigenvalue weighted by Gasteiger charge is 2.08. The van der Waals surface area contributed by atoms with Crippen molar-refractivity contribution in [2.45, 2.75) is 27.2 Å². The van der Waals surface area contributed by atoms with Crippen LogP contribution in [0.15, 0.2) is 47.6 Å². The molecule has 0 bridgehead atoms. The lowest BCUT2D eigenvalue weighted by Gasteiger charge is -2.14. The Hall–Kier alpha value is -3.02. The van der Waals surface area contributed by atoms with Gasteiger partial charge in [-0.1, -0.05) is 17.3 Å². The van der Waals surface area contributed by atoms with E-state index in [1.165, 1.54) is 19.4 Å². The second-order valence-corrected chi connectivity index (χ2v) is 6.42. The fraction of sp³-hybridized carbons (Fsp3) is 0.348. The van der Waals surface area contributed by atoms with E-state index in [1.54, 1.807) is 12.1 Å². The molecule has 0 N–H and O–H groups in total. The Morgan fingerprint density at radius 2 is 1.72 bits per heavy atom. The van der Waals surface area contributed by atoms with Gasteiger partial charge < -0.3 is 19.0 Å². The molecule has 0 aliphatic carbocycles. The number of aryl methyl sites for hydroxylation is 2. The average molecular weight is 401 g/mol. The molecule has 29 heavy (non-hydrogen) atoms. The van der Waals surface area contributed by atoms with Gasteiger partial charge in [-0.3, -0.25) is 0 Å². The van der Waals surface area contributed by atoms with Crippen molar-refractivity contribution in [2.75, 3.05) is 26.9 Å². The zero-order chi connectivity index (χ0) is 21.1. The normalized spacial score (nSPS) is 11.2. The van der Waals surface area contributed by atoms with Gasteiger partial charge >= 0.3 is 0 Å². The van der Waals surface area contributed by atoms with Crippen molar-refractivity contribution in [2.24, 2.45) is 5.16 Å². The summed E-state index contributed by atoms with van der Waals surface area (Å²) in [6.07, 6.45) is 5.97. The fourth-order valence-electron chi connectivity index (χ4n) is 2.71. The number of rotatable bonds is 11. The number of oxime groups is 1. The summed E-state index contributed by atoms with van der Waals surface area (Å²) < 4.78 is 31.1. The van der Waals surface area contributed by atoms with Crippen LogP contribution in [0.3, 0.4) is 0 Å². The highest BCUT2D eigenvalue weighted by molar-refractivity contribution is 5.79. The van der Waals surface area contributed by atoms with Crippen molar-refractivity contribution in [3.8, 4) is 17.2 Å². The van der Waals surface area contributed by atoms with Gasteiger partial charge in [-0.05, 0) is 67.8 Å². The first-order valence-electron chi connectivity index (χ1n) is 9.52. The Balaban J connectivity index is 1.81. The monoisotopic (exact) mass is 401 g/mol. The Kier molecular flexibility index (Phi) is 9.02. The van der Waals surface area contributed by atoms with E-state index in [4.69, 9.17) is 14.2 Å². The molecule has 0 saturated heterocycles. The zero-order valence-electron chi connectivity index (χ0n) is 17.4. The Morgan fingerprint density at radius 1 is 1.00 bits per heavy atom. The molecule has 0 heterocycles. The van der Waals surface area contributed by atoms with Crippen molar-refractivity contribution in [3.63, 3.8) is 0 Å². The van der Waals surface area contributed by atoms with Gasteiger partial charge in [0, 0.05) is 6.42 Å². The van der Waals surface area contributed by atoms with Crippen LogP contribution in [0.5, 0.6) is 17.2 Å². The highest BCUT2D eigenvalue weighted by atomic mass is 19.1. The molecule has 0 radical (unpaired) electrons. The molecule has 2 aromatic carbocycles. The third-order valence-electron chi connectivity index (χ3n) is 4.07. The second-order valence-electron chi connectivity index (χ2n) is 6.42. The summed E-state index contributed by atoms with van der Waals surface area (Å²) in [5.41, 5.74) is 2.63. The van der Waals surface area contributed by atoms with E-state index in [2.05, 4.69) is 9.99 Å². The van der Waals surface area contributed by atoms with Crippen molar-refractivity contribution < 1.29 is 23.4 Å². The smallest absolute Gasteiger partial charge is 0.165 e. The van der Waals surface area contributed by atoms with E-state index in [1.807, 2.05) is 45.1 Å². The molecule has 156 valence electrons. The fourth-order valence-corrected chi connectivity index (χ4v) is 2.71. The van der Waals surface area contributed by atoms with Gasteiger partial charge in [-0.25, -0.2) is 4.39 Å². The van der Waals surface area contributed by atoms with Crippen LogP contribution in [-0.4, -0.2) is 33.1 Å². The molecule has 0 fully saturated rings. The van der Waals surface area contributed by atoms with Gasteiger partial charge in [-0.15, -0.1) is 0 Å². The summed E-state index contributed by atoms with van der Waals surface area (Å²) >= 11 is 0. The van der Waals surface area contributed by atoms with Crippen LogP contribution < -0.4 is 14.2 Å². The predicted molar refractivity (Wildman–Crippen MR) is 113 cm³/mol. The van der Waals surface area contributed by atoms with Gasteiger partial charge in [-0.2, -0.15) is 0 Å². The largest absolute Gasteiger partial charge is 0.493 e. The molecule has 0 aliphatic heterocycles. The minimum Gasteiger partial charge on any atom is -0.493 e. The first-order valence-corrected chi connectivity index (χ1v) is 9.52. The molecule has 0 saturated carbocycles. The average Bonchev–Trinajstić information content (AvgIpc) is 2.69. The summed E-state index contributed by atoms with van der Waals surface area (Å²) in [5, 5.41) is 3.61. The third-order valence-corrected chi connectivity index (χ3v) is 4.07. The molecule has 0 amide bonds. The van der Waals surface area contributed by atoms with E-state index in [0.29, 0.717) is 31.8 Å². The molecule has 6 heteroatoms. The lowest BCUT2D eigenvalue weighted by atomic mass is 10.1. The van der Waals surface area contributed by atoms with Crippen LogP contribution in [-0.2, 0) is 4.84 Å². The lowest BCUT2D eigenvalue weighted by molar-refractivity contribution is 0.215. The first kappa shape index (κ1) is 22.3. The van der Waals surface area contributed by atoms with Crippen LogP contribution in [0, 0.1) is 19.7 Å². The number of halogens is 1. The van der Waals surface area contributed by atoms with Gasteiger partial charge in [0.1, 0.15) is 25.2 Å². The standard InChI is InChI=1S/C23H28FNO4/c1-5-6-10-27-20-13-17(2)23(18(3)14-20)29-12-7-11-28-22-9-8-19(15-21(22)24)16-25-26-4/h5-6,8-9,13-16H,7,10-12H2,1-4H3/b6-5+,25-16?. The van der Waals surface area contributed by atoms with E-state index >= 15 is 0 Å². The predicted octanol–water partition coefficient (Wildman–Crippen LogP) is 5.23. The van der Waals surface area contributed by atoms with Crippen LogP contribution in [0.4, 0.5) is 4.39 Å². The summed E-state index contributed by atoms with van der Waals surface area (Å²) in [5.74, 6) is 1.43. The minimum atomic E-state index is -0.439. The molecule has 2 aromatic rings. The molecule has 0 unspecified atom stereocenters. The van der Waals surface area contributed by atoms with Gasteiger partial charge in [0.15, 0.2) is 11.6 Å². The molecule has 5 nitrogen and oxygen atoms in total. The van der Waals surface area contributed by atoms with Gasteiger partial charge in [0.2, 0.25) is 0 Å². The topological polar surface area (TPSA) is 49.3 Å². The molecular formula is C23H28FNO4. The summed E-state index contributed by atoms with van der Waals surface area (Å²) in [4.78, 5) is 4.58. The minimum absolute atomic E-state index is 0.203. The zero-order valence-corrected chi connectivity index (χ0v) is 17.4. The summed E-state index contributed by atoms with van der Waals surface area (Å²) in [6, 6.07) is 8.57. The van der Waals surface area contributed by atoms with Crippen LogP contribution in [0.25, 0.3) is 0 Å². The SMILES string of the molecule is C/C=C/COc1cc(C)c(OCCCOc2ccc(C=NOC)cc2F)c(C)c1. The van der Waals surface area contributed by atoms with E-state index < -0.39 is 5.82 Å². The van der Waals surface area contributed by atoms with Crippen molar-refractivity contribution in [1.29, 1.82) is 0 Å². The van der Waals surface area contributed by atoms with Gasteiger partial charge in [0.25, 0.3) is 0 Å². The summed E-state index contributed by atoms with van der Waals surface area (Å²) in [7, 11) is 1.43. The van der Waals surface area contributed by atoms with Crippen LogP contribution in [0.1, 0.15) is 30.0 Å². The number of nitrogens with zero attached hydrogens (tertiary/aromatic N) is 1. The molecule has 0 atom stereocenters. The molecule has 2 rings (SSSR count). The Bertz CT molecular complexity index is 826. The quantitative estimate of drug-likeness (QED) is 0.224. The van der Waals surface area contributed by atoms with Crippen LogP contribution in [0.2, 0.25) is 0 Å². The number of ether oxygens (including phenoxy) is 3. The Morgan fingerprint density at radius 3 is 2.38 bits per heavy atom. The van der Waals surface area contributed by atoms with E-state index in [9.17, 15) is 4.39 Å². The summed E-state index contributed by atoms with van der Waals surface area (Å²) in [6.45, 7) is 7.31. The number of benzene rings is 2. The Labute approximate surface area is 171 Å². The molecule has 0 aliphatic rings. The number of allylic oxidation sites excluding steroid dienone is 1. The van der Waals surface area contributed by atoms with Gasteiger partial charge in [0.05, 0.1) is 19.4 Å². The van der Waals surface area contributed by atoms with E-state index in [-0.39, 0.29) is 5.75 Å². The molecular weight excluding hydrogens is 373 g/mol. The third kappa shape index (κ3) is 7.14. The lowest BCUT2D eigenvalue weighted by Crippen LogP contribution is -2.07. The van der Waals surface area contributed by atoms with Crippen LogP contribution >= 0.6 is 0 Å². The van der Waals surface area contributed by atoms with Crippen molar-refractivity contribution in [3.05, 3.63) is 65.0 Å². The van der Waals surface area contributed by atoms with E-state index in [0.717, 1.165) is 22.6 Å². The first-order chi connectivity index (χ1) is 14.0. The van der Waals surface area contributed by atoms with Crippen molar-refractivity contribution in [1.82, 2.24) is 0 Å². The number of hydrogen-bond donors (Lipinski definition) is 0. The maximum Gasteiger partial charge on any atom is 0.165 e. The molecule has 0 aromatic heterocycles.